The van der Waals surface area contributed by atoms with E-state index in [1.165, 1.54) is 10.8 Å². The van der Waals surface area contributed by atoms with E-state index in [2.05, 4.69) is 59.2 Å². The van der Waals surface area contributed by atoms with E-state index in [1.807, 2.05) is 36.4 Å². The first-order chi connectivity index (χ1) is 16.6. The van der Waals surface area contributed by atoms with Crippen LogP contribution in [0.3, 0.4) is 0 Å². The van der Waals surface area contributed by atoms with Crippen LogP contribution >= 0.6 is 0 Å². The summed E-state index contributed by atoms with van der Waals surface area (Å²) in [5.74, 6) is 0.0203. The Morgan fingerprint density at radius 3 is 1.44 bits per heavy atom. The molecule has 1 saturated carbocycles. The van der Waals surface area contributed by atoms with E-state index in [1.54, 1.807) is 0 Å². The number of hydrogen-bond acceptors (Lipinski definition) is 2. The third-order valence-corrected chi connectivity index (χ3v) is 6.82. The first kappa shape index (κ1) is 22.1. The van der Waals surface area contributed by atoms with Crippen LogP contribution < -0.4 is 10.6 Å². The second-order valence-electron chi connectivity index (χ2n) is 9.35. The minimum Gasteiger partial charge on any atom is -0.351 e. The fraction of sp³-hybridized carbons (Fsp3) is 0.267. The van der Waals surface area contributed by atoms with Gasteiger partial charge in [-0.05, 0) is 45.5 Å². The lowest BCUT2D eigenvalue weighted by molar-refractivity contribution is -0.124. The van der Waals surface area contributed by atoms with E-state index in [9.17, 15) is 9.59 Å². The lowest BCUT2D eigenvalue weighted by Gasteiger charge is -2.33. The highest BCUT2D eigenvalue weighted by Crippen LogP contribution is 2.21. The number of rotatable bonds is 6. The van der Waals surface area contributed by atoms with Gasteiger partial charge in [0.25, 0.3) is 0 Å². The van der Waals surface area contributed by atoms with E-state index >= 15 is 0 Å². The standard InChI is InChI=1S/C30H30N2O2/c33-29(19-21-13-15-23-7-1-3-9-25(23)17-21)31-27-11-5-6-12-28(27)32-30(34)20-22-14-16-24-8-2-4-10-26(24)18-22/h1-4,7-10,13-18,27-28H,5-6,11-12,19-20H2,(H,31,33)(H,32,34)/t27-,28-/m1/s1. The fourth-order valence-corrected chi connectivity index (χ4v) is 5.06. The zero-order chi connectivity index (χ0) is 23.3. The van der Waals surface area contributed by atoms with Crippen molar-refractivity contribution in [2.24, 2.45) is 0 Å². The molecule has 0 spiro atoms. The highest BCUT2D eigenvalue weighted by Gasteiger charge is 2.27. The Kier molecular flexibility index (Phi) is 6.57. The SMILES string of the molecule is O=C(Cc1ccc2ccccc2c1)N[C@@H]1CCCC[C@H]1NC(=O)Cc1ccc2ccccc2c1. The van der Waals surface area contributed by atoms with Gasteiger partial charge in [-0.15, -0.1) is 0 Å². The highest BCUT2D eigenvalue weighted by atomic mass is 16.2. The molecule has 0 bridgehead atoms. The van der Waals surface area contributed by atoms with E-state index in [0.29, 0.717) is 12.8 Å². The summed E-state index contributed by atoms with van der Waals surface area (Å²) in [6, 6.07) is 28.6. The molecule has 4 aromatic carbocycles. The molecule has 2 N–H and O–H groups in total. The molecule has 2 atom stereocenters. The zero-order valence-corrected chi connectivity index (χ0v) is 19.3. The molecule has 0 radical (unpaired) electrons. The predicted molar refractivity (Wildman–Crippen MR) is 138 cm³/mol. The van der Waals surface area contributed by atoms with Crippen LogP contribution in [0.25, 0.3) is 21.5 Å². The normalized spacial score (nSPS) is 18.0. The molecule has 0 saturated heterocycles. The number of carbonyl (C=O) groups is 2. The van der Waals surface area contributed by atoms with E-state index in [0.717, 1.165) is 47.6 Å². The van der Waals surface area contributed by atoms with Gasteiger partial charge < -0.3 is 10.6 Å². The van der Waals surface area contributed by atoms with Crippen LogP contribution in [0.1, 0.15) is 36.8 Å². The van der Waals surface area contributed by atoms with Crippen molar-refractivity contribution in [1.29, 1.82) is 0 Å². The van der Waals surface area contributed by atoms with Gasteiger partial charge in [-0.25, -0.2) is 0 Å². The van der Waals surface area contributed by atoms with Crippen molar-refractivity contribution in [2.45, 2.75) is 50.6 Å². The van der Waals surface area contributed by atoms with E-state index < -0.39 is 0 Å². The van der Waals surface area contributed by atoms with Crippen LogP contribution in [-0.4, -0.2) is 23.9 Å². The molecule has 4 heteroatoms. The average Bonchev–Trinajstić information content (AvgIpc) is 2.85. The molecule has 1 fully saturated rings. The summed E-state index contributed by atoms with van der Waals surface area (Å²) in [5.41, 5.74) is 2.01. The highest BCUT2D eigenvalue weighted by molar-refractivity contribution is 5.86. The minimum absolute atomic E-state index is 0.0101. The zero-order valence-electron chi connectivity index (χ0n) is 19.3. The van der Waals surface area contributed by atoms with Crippen molar-refractivity contribution in [3.63, 3.8) is 0 Å². The maximum absolute atomic E-state index is 12.8. The summed E-state index contributed by atoms with van der Waals surface area (Å²) in [4.78, 5) is 25.7. The first-order valence-electron chi connectivity index (χ1n) is 12.2. The molecule has 5 rings (SSSR count). The molecule has 34 heavy (non-hydrogen) atoms. The van der Waals surface area contributed by atoms with Gasteiger partial charge in [0, 0.05) is 12.1 Å². The number of carbonyl (C=O) groups excluding carboxylic acids is 2. The monoisotopic (exact) mass is 450 g/mol. The fourth-order valence-electron chi connectivity index (χ4n) is 5.06. The van der Waals surface area contributed by atoms with Crippen molar-refractivity contribution < 1.29 is 9.59 Å². The van der Waals surface area contributed by atoms with E-state index in [4.69, 9.17) is 0 Å². The van der Waals surface area contributed by atoms with Crippen LogP contribution in [0.2, 0.25) is 0 Å². The molecule has 0 unspecified atom stereocenters. The van der Waals surface area contributed by atoms with Crippen molar-refractivity contribution in [1.82, 2.24) is 10.6 Å². The first-order valence-corrected chi connectivity index (χ1v) is 12.2. The summed E-state index contributed by atoms with van der Waals surface area (Å²) in [5, 5.41) is 11.0. The summed E-state index contributed by atoms with van der Waals surface area (Å²) in [6.45, 7) is 0. The molecule has 1 aliphatic carbocycles. The van der Waals surface area contributed by atoms with Gasteiger partial charge in [-0.1, -0.05) is 97.8 Å². The van der Waals surface area contributed by atoms with Gasteiger partial charge >= 0.3 is 0 Å². The Morgan fingerprint density at radius 1 is 0.588 bits per heavy atom. The van der Waals surface area contributed by atoms with Crippen molar-refractivity contribution in [3.05, 3.63) is 96.1 Å². The van der Waals surface area contributed by atoms with Gasteiger partial charge in [0.05, 0.1) is 12.8 Å². The van der Waals surface area contributed by atoms with Crippen LogP contribution in [0.4, 0.5) is 0 Å². The third kappa shape index (κ3) is 5.28. The van der Waals surface area contributed by atoms with Crippen molar-refractivity contribution in [2.75, 3.05) is 0 Å². The molecule has 4 aromatic rings. The molecule has 0 aliphatic heterocycles. The van der Waals surface area contributed by atoms with E-state index in [-0.39, 0.29) is 23.9 Å². The molecule has 0 heterocycles. The van der Waals surface area contributed by atoms with Gasteiger partial charge in [0.15, 0.2) is 0 Å². The van der Waals surface area contributed by atoms with Crippen LogP contribution in [0, 0.1) is 0 Å². The minimum atomic E-state index is -0.0257. The van der Waals surface area contributed by atoms with Gasteiger partial charge in [0.1, 0.15) is 0 Å². The lowest BCUT2D eigenvalue weighted by atomic mass is 9.89. The Balaban J connectivity index is 1.19. The summed E-state index contributed by atoms with van der Waals surface area (Å²) in [6.07, 6.45) is 4.61. The second kappa shape index (κ2) is 10.1. The molecule has 1 aliphatic rings. The summed E-state index contributed by atoms with van der Waals surface area (Å²) >= 11 is 0. The number of nitrogens with one attached hydrogen (secondary N) is 2. The maximum atomic E-state index is 12.8. The average molecular weight is 451 g/mol. The van der Waals surface area contributed by atoms with Gasteiger partial charge in [-0.2, -0.15) is 0 Å². The summed E-state index contributed by atoms with van der Waals surface area (Å²) < 4.78 is 0. The molecular weight excluding hydrogens is 420 g/mol. The molecule has 172 valence electrons. The topological polar surface area (TPSA) is 58.2 Å². The number of fused-ring (bicyclic) bond motifs is 2. The van der Waals surface area contributed by atoms with Crippen molar-refractivity contribution in [3.8, 4) is 0 Å². The lowest BCUT2D eigenvalue weighted by Crippen LogP contribution is -2.53. The third-order valence-electron chi connectivity index (χ3n) is 6.82. The van der Waals surface area contributed by atoms with Crippen molar-refractivity contribution >= 4 is 33.4 Å². The largest absolute Gasteiger partial charge is 0.351 e. The van der Waals surface area contributed by atoms with Crippen LogP contribution in [0.5, 0.6) is 0 Å². The van der Waals surface area contributed by atoms with Gasteiger partial charge in [0.2, 0.25) is 11.8 Å². The molecule has 4 nitrogen and oxygen atoms in total. The number of hydrogen-bond donors (Lipinski definition) is 2. The Morgan fingerprint density at radius 2 is 1.00 bits per heavy atom. The second-order valence-corrected chi connectivity index (χ2v) is 9.35. The smallest absolute Gasteiger partial charge is 0.224 e. The van der Waals surface area contributed by atoms with Crippen LogP contribution in [-0.2, 0) is 22.4 Å². The molecule has 0 aromatic heterocycles. The molecule has 2 amide bonds. The Labute approximate surface area is 200 Å². The quantitative estimate of drug-likeness (QED) is 0.418. The summed E-state index contributed by atoms with van der Waals surface area (Å²) in [7, 11) is 0. The Hall–Kier alpha value is -3.66. The van der Waals surface area contributed by atoms with Gasteiger partial charge in [-0.3, -0.25) is 9.59 Å². The number of benzene rings is 4. The molecular formula is C30H30N2O2. The Bertz CT molecular complexity index is 1230. The van der Waals surface area contributed by atoms with Crippen LogP contribution in [0.15, 0.2) is 84.9 Å². The maximum Gasteiger partial charge on any atom is 0.224 e. The predicted octanol–water partition coefficient (Wildman–Crippen LogP) is 5.32. The number of amides is 2.